The number of carbonyl (C=O) groups is 1. The lowest BCUT2D eigenvalue weighted by atomic mass is 10.1. The van der Waals surface area contributed by atoms with Crippen molar-refractivity contribution in [3.8, 4) is 5.75 Å². The molecular formula is C21H24N4O4S. The van der Waals surface area contributed by atoms with Gasteiger partial charge in [-0.2, -0.15) is 5.10 Å². The molecule has 9 heteroatoms. The molecule has 1 N–H and O–H groups in total. The Morgan fingerprint density at radius 1 is 1.23 bits per heavy atom. The third-order valence-corrected chi connectivity index (χ3v) is 6.11. The summed E-state index contributed by atoms with van der Waals surface area (Å²) in [7, 11) is 1.01. The molecule has 0 saturated carbocycles. The van der Waals surface area contributed by atoms with Crippen molar-refractivity contribution in [2.75, 3.05) is 18.9 Å². The van der Waals surface area contributed by atoms with Gasteiger partial charge in [-0.1, -0.05) is 18.2 Å². The number of sulfonamides is 1. The first-order valence-corrected chi connectivity index (χ1v) is 10.7. The zero-order valence-electron chi connectivity index (χ0n) is 17.3. The normalized spacial score (nSPS) is 11.2. The molecular weight excluding hydrogens is 404 g/mol. The first-order valence-electron chi connectivity index (χ1n) is 9.21. The Labute approximate surface area is 176 Å². The van der Waals surface area contributed by atoms with Crippen LogP contribution in [-0.4, -0.2) is 43.2 Å². The van der Waals surface area contributed by atoms with Crippen molar-refractivity contribution >= 4 is 21.6 Å². The molecule has 8 nitrogen and oxygen atoms in total. The van der Waals surface area contributed by atoms with Gasteiger partial charge in [-0.25, -0.2) is 8.42 Å². The Kier molecular flexibility index (Phi) is 6.12. The number of hydrogen-bond donors (Lipinski definition) is 1. The van der Waals surface area contributed by atoms with Gasteiger partial charge < -0.3 is 9.64 Å². The highest BCUT2D eigenvalue weighted by Crippen LogP contribution is 2.27. The number of ether oxygens (including phenoxy) is 1. The van der Waals surface area contributed by atoms with E-state index in [1.165, 1.54) is 18.1 Å². The molecule has 3 rings (SSSR count). The zero-order valence-corrected chi connectivity index (χ0v) is 18.1. The van der Waals surface area contributed by atoms with Crippen LogP contribution in [0.1, 0.15) is 21.5 Å². The van der Waals surface area contributed by atoms with Gasteiger partial charge in [0.25, 0.3) is 15.9 Å². The number of nitrogens with one attached hydrogen (secondary N) is 1. The van der Waals surface area contributed by atoms with E-state index in [4.69, 9.17) is 4.74 Å². The number of benzene rings is 2. The summed E-state index contributed by atoms with van der Waals surface area (Å²) in [6.07, 6.45) is 3.51. The van der Waals surface area contributed by atoms with Gasteiger partial charge in [-0.05, 0) is 36.8 Å². The molecule has 158 valence electrons. The van der Waals surface area contributed by atoms with Gasteiger partial charge in [0.1, 0.15) is 5.75 Å². The highest BCUT2D eigenvalue weighted by Gasteiger charge is 2.22. The number of aromatic nitrogens is 2. The van der Waals surface area contributed by atoms with Crippen molar-refractivity contribution < 1.29 is 17.9 Å². The predicted octanol–water partition coefficient (Wildman–Crippen LogP) is 2.81. The summed E-state index contributed by atoms with van der Waals surface area (Å²) in [5.41, 5.74) is 2.02. The molecule has 1 amide bonds. The van der Waals surface area contributed by atoms with Crippen molar-refractivity contribution in [2.45, 2.75) is 18.4 Å². The molecule has 1 aromatic heterocycles. The third-order valence-electron chi connectivity index (χ3n) is 4.60. The minimum Gasteiger partial charge on any atom is -0.495 e. The maximum atomic E-state index is 13.0. The van der Waals surface area contributed by atoms with E-state index in [-0.39, 0.29) is 16.4 Å². The van der Waals surface area contributed by atoms with Gasteiger partial charge in [0.2, 0.25) is 0 Å². The second-order valence-corrected chi connectivity index (χ2v) is 8.62. The summed E-state index contributed by atoms with van der Waals surface area (Å²) in [5, 5.41) is 4.09. The highest BCUT2D eigenvalue weighted by molar-refractivity contribution is 7.92. The molecule has 3 aromatic rings. The van der Waals surface area contributed by atoms with Crippen LogP contribution in [0, 0.1) is 6.92 Å². The van der Waals surface area contributed by atoms with Gasteiger partial charge in [0.05, 0.1) is 23.9 Å². The smallest absolute Gasteiger partial charge is 0.262 e. The first kappa shape index (κ1) is 21.4. The van der Waals surface area contributed by atoms with E-state index in [0.29, 0.717) is 23.5 Å². The number of carbonyl (C=O) groups excluding carboxylic acids is 1. The second-order valence-electron chi connectivity index (χ2n) is 6.97. The van der Waals surface area contributed by atoms with Crippen LogP contribution in [0.5, 0.6) is 5.75 Å². The van der Waals surface area contributed by atoms with Crippen LogP contribution in [0.2, 0.25) is 0 Å². The minimum absolute atomic E-state index is 0.0361. The number of para-hydroxylation sites is 2. The van der Waals surface area contributed by atoms with Crippen molar-refractivity contribution in [3.05, 3.63) is 71.5 Å². The van der Waals surface area contributed by atoms with E-state index in [9.17, 15) is 13.2 Å². The van der Waals surface area contributed by atoms with Crippen molar-refractivity contribution in [1.29, 1.82) is 0 Å². The molecule has 0 unspecified atom stereocenters. The molecule has 0 saturated heterocycles. The maximum Gasteiger partial charge on any atom is 0.262 e. The molecule has 0 atom stereocenters. The molecule has 0 aliphatic rings. The summed E-state index contributed by atoms with van der Waals surface area (Å²) < 4.78 is 35.5. The number of anilines is 1. The summed E-state index contributed by atoms with van der Waals surface area (Å²) in [6.45, 7) is 2.05. The molecule has 0 aliphatic carbocycles. The van der Waals surface area contributed by atoms with Crippen molar-refractivity contribution in [1.82, 2.24) is 14.7 Å². The van der Waals surface area contributed by atoms with Crippen LogP contribution in [-0.2, 0) is 23.6 Å². The number of aryl methyl sites for hydroxylation is 2. The summed E-state index contributed by atoms with van der Waals surface area (Å²) >= 11 is 0. The minimum atomic E-state index is -3.93. The monoisotopic (exact) mass is 428 g/mol. The number of amides is 1. The number of methoxy groups -OCH3 is 1. The fourth-order valence-corrected chi connectivity index (χ4v) is 4.41. The largest absolute Gasteiger partial charge is 0.495 e. The van der Waals surface area contributed by atoms with E-state index in [2.05, 4.69) is 9.82 Å². The summed E-state index contributed by atoms with van der Waals surface area (Å²) in [4.78, 5) is 14.4. The van der Waals surface area contributed by atoms with Crippen LogP contribution in [0.4, 0.5) is 5.69 Å². The molecule has 0 bridgehead atoms. The molecule has 0 fully saturated rings. The molecule has 0 radical (unpaired) electrons. The fourth-order valence-electron chi connectivity index (χ4n) is 3.07. The highest BCUT2D eigenvalue weighted by atomic mass is 32.2. The average molecular weight is 429 g/mol. The van der Waals surface area contributed by atoms with Gasteiger partial charge in [-0.3, -0.25) is 14.2 Å². The van der Waals surface area contributed by atoms with E-state index in [1.54, 1.807) is 68.3 Å². The molecule has 30 heavy (non-hydrogen) atoms. The Morgan fingerprint density at radius 3 is 2.63 bits per heavy atom. The van der Waals surface area contributed by atoms with Gasteiger partial charge in [-0.15, -0.1) is 0 Å². The van der Waals surface area contributed by atoms with Crippen LogP contribution in [0.15, 0.2) is 59.8 Å². The van der Waals surface area contributed by atoms with Crippen LogP contribution in [0.25, 0.3) is 0 Å². The van der Waals surface area contributed by atoms with Crippen LogP contribution < -0.4 is 9.46 Å². The lowest BCUT2D eigenvalue weighted by molar-refractivity contribution is 0.0785. The third kappa shape index (κ3) is 4.62. The van der Waals surface area contributed by atoms with Gasteiger partial charge in [0.15, 0.2) is 0 Å². The van der Waals surface area contributed by atoms with Crippen LogP contribution >= 0.6 is 0 Å². The summed E-state index contributed by atoms with van der Waals surface area (Å²) in [5.74, 6) is 0.120. The van der Waals surface area contributed by atoms with Crippen molar-refractivity contribution in [2.24, 2.45) is 7.05 Å². The lowest BCUT2D eigenvalue weighted by Crippen LogP contribution is -2.26. The summed E-state index contributed by atoms with van der Waals surface area (Å²) in [6, 6.07) is 11.4. The molecule has 2 aromatic carbocycles. The lowest BCUT2D eigenvalue weighted by Gasteiger charge is -2.18. The topological polar surface area (TPSA) is 93.5 Å². The maximum absolute atomic E-state index is 13.0. The van der Waals surface area contributed by atoms with E-state index >= 15 is 0 Å². The Bertz CT molecular complexity index is 1170. The van der Waals surface area contributed by atoms with Gasteiger partial charge >= 0.3 is 0 Å². The Balaban J connectivity index is 1.87. The Morgan fingerprint density at radius 2 is 1.97 bits per heavy atom. The standard InChI is InChI=1S/C21H24N4O4S/c1-15-9-10-17(21(26)24(2)13-16-12-22-25(3)14-16)11-20(15)30(27,28)23-18-7-5-6-8-19(18)29-4/h5-12,14,23H,13H2,1-4H3. The van der Waals surface area contributed by atoms with E-state index < -0.39 is 10.0 Å². The van der Waals surface area contributed by atoms with E-state index in [0.717, 1.165) is 5.56 Å². The molecule has 1 heterocycles. The predicted molar refractivity (Wildman–Crippen MR) is 114 cm³/mol. The first-order chi connectivity index (χ1) is 14.2. The number of hydrogen-bond acceptors (Lipinski definition) is 5. The average Bonchev–Trinajstić information content (AvgIpc) is 3.12. The molecule has 0 spiro atoms. The van der Waals surface area contributed by atoms with Gasteiger partial charge in [0, 0.05) is 38.0 Å². The second kappa shape index (κ2) is 8.58. The quantitative estimate of drug-likeness (QED) is 0.625. The molecule has 0 aliphatic heterocycles. The SMILES string of the molecule is COc1ccccc1NS(=O)(=O)c1cc(C(=O)N(C)Cc2cnn(C)c2)ccc1C. The number of rotatable bonds is 7. The number of nitrogens with zero attached hydrogens (tertiary/aromatic N) is 3. The van der Waals surface area contributed by atoms with Crippen LogP contribution in [0.3, 0.4) is 0 Å². The zero-order chi connectivity index (χ0) is 21.9. The van der Waals surface area contributed by atoms with Crippen molar-refractivity contribution in [3.63, 3.8) is 0 Å². The van der Waals surface area contributed by atoms with E-state index in [1.807, 2.05) is 6.20 Å². The fraction of sp³-hybridized carbons (Fsp3) is 0.238. The Hall–Kier alpha value is -3.33.